The molecular formula is C36H58O11. The van der Waals surface area contributed by atoms with Crippen LogP contribution in [0.1, 0.15) is 92.4 Å². The average molecular weight is 667 g/mol. The second-order valence-electron chi connectivity index (χ2n) is 17.7. The molecule has 8 N–H and O–H groups in total. The highest BCUT2D eigenvalue weighted by Gasteiger charge is 2.70. The molecule has 4 saturated carbocycles. The normalized spacial score (nSPS) is 56.0. The standard InChI is InChI=1S/C36H58O11/c1-31(18-46-29-27(42)26(41)25(40)22(16-37)47-29)10-12-36(30(44)45)13-11-34(4)19(20(36)14-31)6-7-24-32(2)15-21(39)28(43)33(3,17-38)23(32)8-9-35(24,34)5/h6,20-29,37-43H,7-18H2,1-5H3,(H,44,45)/t20-,21+,22+,23+,24+,25+,26-,27+,28-,29+,31-,32-,33-,34+,35+,36-/m0/s1. The molecule has 16 atom stereocenters. The molecule has 268 valence electrons. The highest BCUT2D eigenvalue weighted by molar-refractivity contribution is 5.76. The molecular weight excluding hydrogens is 608 g/mol. The molecule has 0 unspecified atom stereocenters. The van der Waals surface area contributed by atoms with E-state index in [4.69, 9.17) is 9.47 Å². The third-order valence-electron chi connectivity index (χ3n) is 15.5. The van der Waals surface area contributed by atoms with Crippen LogP contribution >= 0.6 is 0 Å². The summed E-state index contributed by atoms with van der Waals surface area (Å²) in [7, 11) is 0. The molecule has 0 aromatic heterocycles. The molecule has 11 heteroatoms. The zero-order valence-electron chi connectivity index (χ0n) is 28.6. The molecule has 1 aliphatic heterocycles. The van der Waals surface area contributed by atoms with E-state index >= 15 is 0 Å². The summed E-state index contributed by atoms with van der Waals surface area (Å²) in [4.78, 5) is 13.2. The van der Waals surface area contributed by atoms with Gasteiger partial charge >= 0.3 is 5.97 Å². The Morgan fingerprint density at radius 1 is 0.894 bits per heavy atom. The molecule has 11 nitrogen and oxygen atoms in total. The van der Waals surface area contributed by atoms with Crippen LogP contribution in [0.4, 0.5) is 0 Å². The van der Waals surface area contributed by atoms with Gasteiger partial charge in [-0.05, 0) is 97.2 Å². The molecule has 0 amide bonds. The topological polar surface area (TPSA) is 197 Å². The molecule has 0 spiro atoms. The molecule has 0 aromatic rings. The number of aliphatic hydroxyl groups is 7. The van der Waals surface area contributed by atoms with Crippen molar-refractivity contribution in [2.24, 2.45) is 50.2 Å². The van der Waals surface area contributed by atoms with Crippen LogP contribution in [0.25, 0.3) is 0 Å². The van der Waals surface area contributed by atoms with Gasteiger partial charge in [0.15, 0.2) is 6.29 Å². The summed E-state index contributed by atoms with van der Waals surface area (Å²) in [5, 5.41) is 84.2. The Balaban J connectivity index is 1.31. The Morgan fingerprint density at radius 3 is 2.21 bits per heavy atom. The van der Waals surface area contributed by atoms with Gasteiger partial charge in [-0.25, -0.2) is 0 Å². The second kappa shape index (κ2) is 11.7. The molecule has 5 aliphatic carbocycles. The summed E-state index contributed by atoms with van der Waals surface area (Å²) in [6.07, 6.45) is -0.608. The Kier molecular flexibility index (Phi) is 8.88. The van der Waals surface area contributed by atoms with Gasteiger partial charge in [-0.2, -0.15) is 0 Å². The quantitative estimate of drug-likeness (QED) is 0.193. The summed E-state index contributed by atoms with van der Waals surface area (Å²) >= 11 is 0. The summed E-state index contributed by atoms with van der Waals surface area (Å²) in [5.74, 6) is -0.791. The number of hydrogen-bond acceptors (Lipinski definition) is 10. The van der Waals surface area contributed by atoms with E-state index in [1.54, 1.807) is 0 Å². The molecule has 0 bridgehead atoms. The average Bonchev–Trinajstić information content (AvgIpc) is 3.02. The van der Waals surface area contributed by atoms with E-state index in [9.17, 15) is 45.6 Å². The summed E-state index contributed by atoms with van der Waals surface area (Å²) in [6.45, 7) is 10.3. The predicted molar refractivity (Wildman–Crippen MR) is 170 cm³/mol. The molecule has 47 heavy (non-hydrogen) atoms. The molecule has 1 heterocycles. The van der Waals surface area contributed by atoms with Crippen LogP contribution in [0.3, 0.4) is 0 Å². The molecule has 5 fully saturated rings. The minimum absolute atomic E-state index is 0.0364. The number of fused-ring (bicyclic) bond motifs is 7. The van der Waals surface area contributed by atoms with Crippen molar-refractivity contribution in [1.82, 2.24) is 0 Å². The number of carboxylic acid groups (broad SMARTS) is 1. The van der Waals surface area contributed by atoms with E-state index in [0.29, 0.717) is 32.1 Å². The van der Waals surface area contributed by atoms with Crippen molar-refractivity contribution in [3.05, 3.63) is 11.6 Å². The molecule has 6 rings (SSSR count). The first-order valence-corrected chi connectivity index (χ1v) is 17.7. The van der Waals surface area contributed by atoms with Crippen molar-refractivity contribution in [1.29, 1.82) is 0 Å². The summed E-state index contributed by atoms with van der Waals surface area (Å²) in [5.41, 5.74) is -1.78. The molecule has 0 radical (unpaired) electrons. The van der Waals surface area contributed by atoms with Crippen LogP contribution in [-0.4, -0.2) is 110 Å². The Bertz CT molecular complexity index is 1260. The first-order chi connectivity index (χ1) is 21.9. The van der Waals surface area contributed by atoms with Crippen molar-refractivity contribution >= 4 is 5.97 Å². The lowest BCUT2D eigenvalue weighted by Crippen LogP contribution is -2.68. The van der Waals surface area contributed by atoms with Crippen LogP contribution in [-0.2, 0) is 14.3 Å². The lowest BCUT2D eigenvalue weighted by Gasteiger charge is -2.71. The van der Waals surface area contributed by atoms with Crippen LogP contribution < -0.4 is 0 Å². The number of rotatable bonds is 6. The fraction of sp³-hybridized carbons (Fsp3) is 0.917. The third-order valence-corrected chi connectivity index (χ3v) is 15.5. The SMILES string of the molecule is C[C@]1(CO[C@@H]2O[C@H](CO)[C@@H](O)[C@H](O)[C@H]2O)CC[C@]2(C(=O)O)CC[C@]3(C)C(=CC[C@@H]4[C@@]5(C)C[C@@H](O)[C@H](O)[C@@](C)(CO)[C@@H]5CC[C@]43C)[C@@H]2C1. The predicted octanol–water partition coefficient (Wildman–Crippen LogP) is 1.97. The largest absolute Gasteiger partial charge is 0.481 e. The van der Waals surface area contributed by atoms with Gasteiger partial charge in [0.25, 0.3) is 0 Å². The van der Waals surface area contributed by atoms with Crippen LogP contribution in [0.2, 0.25) is 0 Å². The zero-order chi connectivity index (χ0) is 34.5. The first kappa shape index (κ1) is 35.7. The van der Waals surface area contributed by atoms with Crippen LogP contribution in [0.15, 0.2) is 11.6 Å². The van der Waals surface area contributed by atoms with Gasteiger partial charge in [0, 0.05) is 5.41 Å². The third kappa shape index (κ3) is 4.88. The second-order valence-corrected chi connectivity index (χ2v) is 17.7. The van der Waals surface area contributed by atoms with Gasteiger partial charge in [0.05, 0.1) is 37.4 Å². The van der Waals surface area contributed by atoms with Crippen LogP contribution in [0, 0.1) is 50.2 Å². The Hall–Kier alpha value is -1.15. The highest BCUT2D eigenvalue weighted by Crippen LogP contribution is 2.75. The maximum atomic E-state index is 13.2. The van der Waals surface area contributed by atoms with Gasteiger partial charge in [-0.15, -0.1) is 0 Å². The van der Waals surface area contributed by atoms with E-state index < -0.39 is 71.7 Å². The number of carboxylic acids is 1. The minimum Gasteiger partial charge on any atom is -0.481 e. The molecule has 0 aromatic carbocycles. The maximum Gasteiger partial charge on any atom is 0.310 e. The van der Waals surface area contributed by atoms with Crippen LogP contribution in [0.5, 0.6) is 0 Å². The number of carbonyl (C=O) groups is 1. The van der Waals surface area contributed by atoms with E-state index in [2.05, 4.69) is 33.8 Å². The summed E-state index contributed by atoms with van der Waals surface area (Å²) in [6, 6.07) is 0. The first-order valence-electron chi connectivity index (χ1n) is 17.7. The van der Waals surface area contributed by atoms with E-state index in [-0.39, 0.29) is 47.2 Å². The Morgan fingerprint density at radius 2 is 1.57 bits per heavy atom. The van der Waals surface area contributed by atoms with Crippen molar-refractivity contribution in [2.45, 2.75) is 135 Å². The maximum absolute atomic E-state index is 13.2. The molecule has 6 aliphatic rings. The fourth-order valence-corrected chi connectivity index (χ4v) is 12.3. The van der Waals surface area contributed by atoms with Crippen molar-refractivity contribution < 1.29 is 55.1 Å². The minimum atomic E-state index is -1.54. The van der Waals surface area contributed by atoms with Gasteiger partial charge in [0.1, 0.15) is 24.4 Å². The number of hydrogen-bond donors (Lipinski definition) is 8. The van der Waals surface area contributed by atoms with E-state index in [0.717, 1.165) is 25.7 Å². The number of aliphatic hydroxyl groups excluding tert-OH is 7. The lowest BCUT2D eigenvalue weighted by molar-refractivity contribution is -0.307. The van der Waals surface area contributed by atoms with E-state index in [1.165, 1.54) is 5.57 Å². The van der Waals surface area contributed by atoms with Crippen molar-refractivity contribution in [3.8, 4) is 0 Å². The Labute approximate surface area is 278 Å². The summed E-state index contributed by atoms with van der Waals surface area (Å²) < 4.78 is 11.7. The highest BCUT2D eigenvalue weighted by atomic mass is 16.7. The van der Waals surface area contributed by atoms with Crippen molar-refractivity contribution in [2.75, 3.05) is 19.8 Å². The molecule has 1 saturated heterocycles. The number of aliphatic carboxylic acids is 1. The smallest absolute Gasteiger partial charge is 0.310 e. The van der Waals surface area contributed by atoms with E-state index in [1.807, 2.05) is 6.92 Å². The van der Waals surface area contributed by atoms with Gasteiger partial charge in [0.2, 0.25) is 0 Å². The zero-order valence-corrected chi connectivity index (χ0v) is 28.6. The van der Waals surface area contributed by atoms with Gasteiger partial charge in [-0.3, -0.25) is 4.79 Å². The van der Waals surface area contributed by atoms with Gasteiger partial charge < -0.3 is 50.3 Å². The lowest BCUT2D eigenvalue weighted by atomic mass is 9.33. The number of allylic oxidation sites excluding steroid dienone is 2. The number of ether oxygens (including phenoxy) is 2. The van der Waals surface area contributed by atoms with Gasteiger partial charge in [-0.1, -0.05) is 46.3 Å². The monoisotopic (exact) mass is 666 g/mol. The van der Waals surface area contributed by atoms with Crippen molar-refractivity contribution in [3.63, 3.8) is 0 Å². The fourth-order valence-electron chi connectivity index (χ4n) is 12.3.